The molecular weight excluding hydrogens is 356 g/mol. The molecule has 1 aromatic heterocycles. The molecule has 0 bridgehead atoms. The first-order chi connectivity index (χ1) is 13.5. The molecule has 0 radical (unpaired) electrons. The molecule has 150 valence electrons. The number of aryl methyl sites for hydroxylation is 1. The van der Waals surface area contributed by atoms with E-state index in [1.807, 2.05) is 30.3 Å². The Bertz CT molecular complexity index is 890. The monoisotopic (exact) mass is 384 g/mol. The number of aromatic nitrogens is 3. The van der Waals surface area contributed by atoms with Crippen molar-refractivity contribution in [2.24, 2.45) is 5.92 Å². The zero-order chi connectivity index (χ0) is 19.7. The molecule has 1 saturated carbocycles. The molecule has 3 atom stereocenters. The number of amides is 1. The van der Waals surface area contributed by atoms with E-state index in [1.165, 1.54) is 23.9 Å². The van der Waals surface area contributed by atoms with Gasteiger partial charge in [-0.2, -0.15) is 5.10 Å². The Morgan fingerprint density at radius 2 is 2.04 bits per heavy atom. The summed E-state index contributed by atoms with van der Waals surface area (Å²) < 4.78 is 2.88. The Labute approximate surface area is 164 Å². The highest BCUT2D eigenvalue weighted by Gasteiger charge is 2.39. The van der Waals surface area contributed by atoms with Gasteiger partial charge in [0.1, 0.15) is 12.4 Å². The number of nitrogens with zero attached hydrogens (tertiary/aromatic N) is 4. The van der Waals surface area contributed by atoms with Crippen molar-refractivity contribution in [2.75, 3.05) is 13.6 Å². The van der Waals surface area contributed by atoms with Gasteiger partial charge in [-0.15, -0.1) is 0 Å². The van der Waals surface area contributed by atoms with Gasteiger partial charge in [-0.05, 0) is 31.2 Å². The number of carbonyl (C=O) groups excluding carboxylic acids is 1. The lowest BCUT2D eigenvalue weighted by Crippen LogP contribution is -2.45. The van der Waals surface area contributed by atoms with Crippen molar-refractivity contribution in [1.29, 1.82) is 0 Å². The minimum absolute atomic E-state index is 0.0355. The fourth-order valence-electron chi connectivity index (χ4n) is 4.40. The van der Waals surface area contributed by atoms with Crippen LogP contribution in [0.4, 0.5) is 0 Å². The number of likely N-dealkylation sites (N-methyl/N-ethyl adjacent to an activating group) is 1. The topological polar surface area (TPSA) is 84.2 Å². The van der Waals surface area contributed by atoms with Gasteiger partial charge in [0.15, 0.2) is 0 Å². The highest BCUT2D eigenvalue weighted by atomic mass is 16.2. The summed E-state index contributed by atoms with van der Waals surface area (Å²) in [4.78, 5) is 27.1. The number of hydrogen-bond acceptors (Lipinski definition) is 5. The lowest BCUT2D eigenvalue weighted by molar-refractivity contribution is -0.131. The van der Waals surface area contributed by atoms with E-state index in [0.717, 1.165) is 5.56 Å². The van der Waals surface area contributed by atoms with Crippen molar-refractivity contribution in [2.45, 2.75) is 51.4 Å². The van der Waals surface area contributed by atoms with Crippen molar-refractivity contribution in [1.82, 2.24) is 30.1 Å². The number of carbonyl (C=O) groups is 1. The molecule has 1 saturated heterocycles. The van der Waals surface area contributed by atoms with Gasteiger partial charge in [-0.1, -0.05) is 36.8 Å². The van der Waals surface area contributed by atoms with Crippen LogP contribution < -0.4 is 16.5 Å². The Kier molecular flexibility index (Phi) is 5.32. The third-order valence-corrected chi connectivity index (χ3v) is 6.01. The first-order valence-corrected chi connectivity index (χ1v) is 9.96. The second kappa shape index (κ2) is 7.89. The normalized spacial score (nSPS) is 23.7. The van der Waals surface area contributed by atoms with E-state index in [4.69, 9.17) is 0 Å². The zero-order valence-electron chi connectivity index (χ0n) is 16.5. The number of hydrazine groups is 1. The average Bonchev–Trinajstić information content (AvgIpc) is 3.36. The third-order valence-electron chi connectivity index (χ3n) is 6.01. The quantitative estimate of drug-likeness (QED) is 0.758. The lowest BCUT2D eigenvalue weighted by Gasteiger charge is -2.24. The fourth-order valence-corrected chi connectivity index (χ4v) is 4.40. The summed E-state index contributed by atoms with van der Waals surface area (Å²) >= 11 is 0. The van der Waals surface area contributed by atoms with Crippen LogP contribution in [-0.2, 0) is 17.9 Å². The minimum atomic E-state index is -0.250. The van der Waals surface area contributed by atoms with Crippen LogP contribution in [0.25, 0.3) is 0 Å². The molecule has 28 heavy (non-hydrogen) atoms. The van der Waals surface area contributed by atoms with Gasteiger partial charge in [0.05, 0.1) is 6.54 Å². The predicted molar refractivity (Wildman–Crippen MR) is 106 cm³/mol. The van der Waals surface area contributed by atoms with Gasteiger partial charge in [0.2, 0.25) is 5.91 Å². The van der Waals surface area contributed by atoms with Gasteiger partial charge in [0, 0.05) is 25.7 Å². The molecule has 1 aliphatic carbocycles. The number of benzene rings is 1. The molecule has 1 aromatic carbocycles. The number of nitrogens with one attached hydrogen (secondary N) is 2. The van der Waals surface area contributed by atoms with Crippen LogP contribution in [0, 0.1) is 12.8 Å². The molecule has 2 aromatic rings. The standard InChI is InChI=1S/C20H28N6O2/c1-14-23-26(20(28)25(14)11-15-7-4-3-5-8-15)13-19(27)24(2)12-18-16-9-6-10-17(16)21-22-18/h3-5,7-8,16-18,21-22H,6,9-13H2,1-2H3. The van der Waals surface area contributed by atoms with E-state index < -0.39 is 0 Å². The van der Waals surface area contributed by atoms with Crippen molar-refractivity contribution in [3.63, 3.8) is 0 Å². The second-order valence-electron chi connectivity index (χ2n) is 7.93. The van der Waals surface area contributed by atoms with E-state index in [0.29, 0.717) is 30.9 Å². The van der Waals surface area contributed by atoms with Crippen LogP contribution in [0.3, 0.4) is 0 Å². The molecule has 3 unspecified atom stereocenters. The maximum atomic E-state index is 12.7. The SMILES string of the molecule is Cc1nn(CC(=O)N(C)CC2NNC3CCCC32)c(=O)n1Cc1ccccc1. The summed E-state index contributed by atoms with van der Waals surface area (Å²) in [5.74, 6) is 1.08. The van der Waals surface area contributed by atoms with Crippen molar-refractivity contribution < 1.29 is 4.79 Å². The molecule has 1 aliphatic heterocycles. The van der Waals surface area contributed by atoms with Crippen LogP contribution in [0.5, 0.6) is 0 Å². The smallest absolute Gasteiger partial charge is 0.343 e. The van der Waals surface area contributed by atoms with Crippen molar-refractivity contribution in [3.05, 3.63) is 52.2 Å². The van der Waals surface area contributed by atoms with Gasteiger partial charge in [-0.3, -0.25) is 20.2 Å². The Hall–Kier alpha value is -2.45. The van der Waals surface area contributed by atoms with E-state index >= 15 is 0 Å². The highest BCUT2D eigenvalue weighted by molar-refractivity contribution is 5.75. The van der Waals surface area contributed by atoms with E-state index in [9.17, 15) is 9.59 Å². The number of hydrogen-bond donors (Lipinski definition) is 2. The van der Waals surface area contributed by atoms with E-state index in [-0.39, 0.29) is 24.2 Å². The summed E-state index contributed by atoms with van der Waals surface area (Å²) in [6, 6.07) is 10.6. The van der Waals surface area contributed by atoms with Crippen LogP contribution in [-0.4, -0.2) is 50.8 Å². The van der Waals surface area contributed by atoms with Crippen LogP contribution in [0.15, 0.2) is 35.1 Å². The molecule has 2 fully saturated rings. The van der Waals surface area contributed by atoms with E-state index in [2.05, 4.69) is 16.0 Å². The fraction of sp³-hybridized carbons (Fsp3) is 0.550. The van der Waals surface area contributed by atoms with Gasteiger partial charge >= 0.3 is 5.69 Å². The first kappa shape index (κ1) is 18.9. The maximum absolute atomic E-state index is 12.7. The molecule has 8 nitrogen and oxygen atoms in total. The molecule has 0 spiro atoms. The Morgan fingerprint density at radius 1 is 1.25 bits per heavy atom. The largest absolute Gasteiger partial charge is 0.346 e. The molecule has 8 heteroatoms. The molecule has 2 aliphatic rings. The lowest BCUT2D eigenvalue weighted by atomic mass is 9.97. The molecule has 2 N–H and O–H groups in total. The van der Waals surface area contributed by atoms with Crippen molar-refractivity contribution >= 4 is 5.91 Å². The van der Waals surface area contributed by atoms with Crippen LogP contribution in [0.2, 0.25) is 0 Å². The Morgan fingerprint density at radius 3 is 2.82 bits per heavy atom. The molecule has 2 heterocycles. The zero-order valence-corrected chi connectivity index (χ0v) is 16.5. The van der Waals surface area contributed by atoms with Crippen LogP contribution in [0.1, 0.15) is 30.7 Å². The first-order valence-electron chi connectivity index (χ1n) is 9.96. The minimum Gasteiger partial charge on any atom is -0.343 e. The summed E-state index contributed by atoms with van der Waals surface area (Å²) in [5.41, 5.74) is 7.45. The average molecular weight is 384 g/mol. The summed E-state index contributed by atoms with van der Waals surface area (Å²) in [6.45, 7) is 2.84. The van der Waals surface area contributed by atoms with E-state index in [1.54, 1.807) is 23.4 Å². The number of fused-ring (bicyclic) bond motifs is 1. The summed E-state index contributed by atoms with van der Waals surface area (Å²) in [7, 11) is 1.80. The van der Waals surface area contributed by atoms with Crippen LogP contribution >= 0.6 is 0 Å². The maximum Gasteiger partial charge on any atom is 0.346 e. The highest BCUT2D eigenvalue weighted by Crippen LogP contribution is 2.31. The summed E-state index contributed by atoms with van der Waals surface area (Å²) in [5, 5.41) is 4.31. The second-order valence-corrected chi connectivity index (χ2v) is 7.93. The number of rotatable bonds is 6. The van der Waals surface area contributed by atoms with Gasteiger partial charge in [0.25, 0.3) is 0 Å². The van der Waals surface area contributed by atoms with Gasteiger partial charge in [-0.25, -0.2) is 9.48 Å². The van der Waals surface area contributed by atoms with Crippen molar-refractivity contribution in [3.8, 4) is 0 Å². The molecule has 1 amide bonds. The third kappa shape index (κ3) is 3.74. The molecule has 4 rings (SSSR count). The Balaban J connectivity index is 1.40. The predicted octanol–water partition coefficient (Wildman–Crippen LogP) is 0.505. The summed E-state index contributed by atoms with van der Waals surface area (Å²) in [6.07, 6.45) is 3.63. The molecular formula is C20H28N6O2. The van der Waals surface area contributed by atoms with Gasteiger partial charge < -0.3 is 4.90 Å².